The predicted molar refractivity (Wildman–Crippen MR) is 235 cm³/mol. The van der Waals surface area contributed by atoms with E-state index in [1.807, 2.05) is 19.1 Å². The van der Waals surface area contributed by atoms with Crippen LogP contribution < -0.4 is 0 Å². The number of rotatable bonds is 5. The summed E-state index contributed by atoms with van der Waals surface area (Å²) in [6.07, 6.45) is 0. The van der Waals surface area contributed by atoms with Crippen LogP contribution in [0.4, 0.5) is 0 Å². The first-order valence-electron chi connectivity index (χ1n) is 19.2. The van der Waals surface area contributed by atoms with Gasteiger partial charge in [-0.2, -0.15) is 10.5 Å². The van der Waals surface area contributed by atoms with Gasteiger partial charge >= 0.3 is 0 Å². The molecule has 0 spiro atoms. The lowest BCUT2D eigenvalue weighted by Crippen LogP contribution is -2.05. The van der Waals surface area contributed by atoms with E-state index in [2.05, 4.69) is 187 Å². The lowest BCUT2D eigenvalue weighted by atomic mass is 9.97. The van der Waals surface area contributed by atoms with E-state index in [1.165, 1.54) is 11.1 Å². The van der Waals surface area contributed by atoms with Crippen LogP contribution >= 0.6 is 0 Å². The second-order valence-corrected chi connectivity index (χ2v) is 15.1. The van der Waals surface area contributed by atoms with Crippen LogP contribution in [-0.4, -0.2) is 9.13 Å². The molecule has 4 nitrogen and oxygen atoms in total. The molecule has 0 unspecified atom stereocenters. The maximum absolute atomic E-state index is 11.4. The second-order valence-electron chi connectivity index (χ2n) is 15.1. The molecule has 57 heavy (non-hydrogen) atoms. The van der Waals surface area contributed by atoms with Crippen LogP contribution in [0.1, 0.15) is 27.8 Å². The summed E-state index contributed by atoms with van der Waals surface area (Å²) in [5, 5.41) is 25.9. The highest BCUT2D eigenvalue weighted by molar-refractivity contribution is 6.12. The first-order valence-corrected chi connectivity index (χ1v) is 19.2. The van der Waals surface area contributed by atoms with Gasteiger partial charge in [-0.15, -0.1) is 0 Å². The van der Waals surface area contributed by atoms with Crippen LogP contribution in [-0.2, 0) is 0 Å². The number of fused-ring (bicyclic) bond motifs is 6. The standard InChI is InChI=1S/C53H36N4/c1-33-12-16-37(17-13-33)39-20-22-50-45(27-39)43-8-4-6-10-48(43)56(50)52-29-42(41-25-35(3)24-36(26-41)31-54)30-53(47(52)32-55)57-49-11-7-5-9-44(49)46-28-40(21-23-51(46)57)38-18-14-34(2)15-19-38/h4-30H,1-3H3. The molecule has 10 aromatic rings. The van der Waals surface area contributed by atoms with E-state index in [1.54, 1.807) is 0 Å². The van der Waals surface area contributed by atoms with Crippen molar-refractivity contribution in [1.82, 2.24) is 9.13 Å². The minimum Gasteiger partial charge on any atom is -0.308 e. The molecule has 0 N–H and O–H groups in total. The summed E-state index contributed by atoms with van der Waals surface area (Å²) in [6.45, 7) is 6.23. The van der Waals surface area contributed by atoms with Gasteiger partial charge in [-0.3, -0.25) is 0 Å². The zero-order valence-electron chi connectivity index (χ0n) is 31.9. The maximum atomic E-state index is 11.4. The number of hydrogen-bond donors (Lipinski definition) is 0. The fraction of sp³-hybridized carbons (Fsp3) is 0.0566. The van der Waals surface area contributed by atoms with Gasteiger partial charge in [0.2, 0.25) is 0 Å². The number of aromatic nitrogens is 2. The van der Waals surface area contributed by atoms with Crippen LogP contribution in [0, 0.1) is 43.4 Å². The molecule has 0 saturated carbocycles. The van der Waals surface area contributed by atoms with Crippen LogP contribution in [0.2, 0.25) is 0 Å². The summed E-state index contributed by atoms with van der Waals surface area (Å²) in [5.41, 5.74) is 16.6. The predicted octanol–water partition coefficient (Wildman–Crippen LogP) is 13.6. The monoisotopic (exact) mass is 728 g/mol. The molecule has 0 saturated heterocycles. The van der Waals surface area contributed by atoms with Crippen LogP contribution in [0.3, 0.4) is 0 Å². The minimum absolute atomic E-state index is 0.558. The number of aryl methyl sites for hydroxylation is 3. The van der Waals surface area contributed by atoms with E-state index in [-0.39, 0.29) is 0 Å². The van der Waals surface area contributed by atoms with Crippen molar-refractivity contribution in [1.29, 1.82) is 10.5 Å². The Morgan fingerprint density at radius 2 is 0.789 bits per heavy atom. The van der Waals surface area contributed by atoms with Gasteiger partial charge in [0.25, 0.3) is 0 Å². The fourth-order valence-corrected chi connectivity index (χ4v) is 8.58. The van der Waals surface area contributed by atoms with Gasteiger partial charge in [-0.1, -0.05) is 114 Å². The first kappa shape index (κ1) is 33.9. The third-order valence-corrected chi connectivity index (χ3v) is 11.3. The van der Waals surface area contributed by atoms with Gasteiger partial charge in [0.05, 0.1) is 45.1 Å². The van der Waals surface area contributed by atoms with Gasteiger partial charge < -0.3 is 9.13 Å². The second kappa shape index (κ2) is 13.3. The van der Waals surface area contributed by atoms with E-state index in [0.29, 0.717) is 11.1 Å². The summed E-state index contributed by atoms with van der Waals surface area (Å²) in [6, 6.07) is 62.8. The molecule has 0 fully saturated rings. The maximum Gasteiger partial charge on any atom is 0.104 e. The van der Waals surface area contributed by atoms with Gasteiger partial charge in [-0.25, -0.2) is 0 Å². The summed E-state index contributed by atoms with van der Waals surface area (Å²) in [4.78, 5) is 0. The van der Waals surface area contributed by atoms with Crippen LogP contribution in [0.25, 0.3) is 88.4 Å². The summed E-state index contributed by atoms with van der Waals surface area (Å²) in [5.74, 6) is 0. The number of benzene rings is 8. The van der Waals surface area contributed by atoms with Crippen LogP contribution in [0.15, 0.2) is 164 Å². The SMILES string of the molecule is Cc1ccc(-c2ccc3c(c2)c2ccccc2n3-c2cc(-c3cc(C)cc(C#N)c3)cc(-n3c4ccccc4c4cc(-c5ccc(C)cc5)ccc43)c2C#N)cc1. The Hall–Kier alpha value is -7.66. The highest BCUT2D eigenvalue weighted by Gasteiger charge is 2.23. The van der Waals surface area contributed by atoms with E-state index in [9.17, 15) is 10.5 Å². The number of para-hydroxylation sites is 2. The Bertz CT molecular complexity index is 3140. The topological polar surface area (TPSA) is 57.4 Å². The van der Waals surface area contributed by atoms with Crippen molar-refractivity contribution in [2.45, 2.75) is 20.8 Å². The molecule has 0 radical (unpaired) electrons. The number of nitrogens with zero attached hydrogens (tertiary/aromatic N) is 4. The molecule has 2 aromatic heterocycles. The summed E-state index contributed by atoms with van der Waals surface area (Å²) >= 11 is 0. The molecule has 4 heteroatoms. The molecule has 0 bridgehead atoms. The quantitative estimate of drug-likeness (QED) is 0.177. The molecule has 268 valence electrons. The van der Waals surface area contributed by atoms with Crippen molar-refractivity contribution < 1.29 is 0 Å². The Morgan fingerprint density at radius 1 is 0.351 bits per heavy atom. The van der Waals surface area contributed by atoms with Crippen molar-refractivity contribution >= 4 is 43.6 Å². The summed E-state index contributed by atoms with van der Waals surface area (Å²) < 4.78 is 4.50. The lowest BCUT2D eigenvalue weighted by Gasteiger charge is -2.19. The third kappa shape index (κ3) is 5.58. The molecule has 0 atom stereocenters. The summed E-state index contributed by atoms with van der Waals surface area (Å²) in [7, 11) is 0. The average Bonchev–Trinajstić information content (AvgIpc) is 3.75. The smallest absolute Gasteiger partial charge is 0.104 e. The van der Waals surface area contributed by atoms with E-state index in [0.717, 1.165) is 93.9 Å². The van der Waals surface area contributed by atoms with E-state index < -0.39 is 0 Å². The normalized spacial score (nSPS) is 11.4. The molecule has 8 aromatic carbocycles. The molecule has 0 aliphatic carbocycles. The lowest BCUT2D eigenvalue weighted by molar-refractivity contribution is 1.12. The van der Waals surface area contributed by atoms with Crippen molar-refractivity contribution in [3.05, 3.63) is 192 Å². The van der Waals surface area contributed by atoms with Crippen LogP contribution in [0.5, 0.6) is 0 Å². The highest BCUT2D eigenvalue weighted by atomic mass is 15.0. The van der Waals surface area contributed by atoms with Crippen molar-refractivity contribution in [2.24, 2.45) is 0 Å². The fourth-order valence-electron chi connectivity index (χ4n) is 8.58. The first-order chi connectivity index (χ1) is 27.9. The van der Waals surface area contributed by atoms with Crippen molar-refractivity contribution in [3.8, 4) is 56.9 Å². The molecular formula is C53H36N4. The van der Waals surface area contributed by atoms with Gasteiger partial charge in [0.1, 0.15) is 11.6 Å². The average molecular weight is 729 g/mol. The largest absolute Gasteiger partial charge is 0.308 e. The molecule has 0 aliphatic heterocycles. The number of nitriles is 2. The van der Waals surface area contributed by atoms with Crippen molar-refractivity contribution in [3.63, 3.8) is 0 Å². The molecule has 10 rings (SSSR count). The molecule has 0 amide bonds. The zero-order chi connectivity index (χ0) is 38.8. The van der Waals surface area contributed by atoms with Gasteiger partial charge in [0, 0.05) is 21.5 Å². The third-order valence-electron chi connectivity index (χ3n) is 11.3. The van der Waals surface area contributed by atoms with Gasteiger partial charge in [-0.05, 0) is 120 Å². The Labute approximate surface area is 331 Å². The Morgan fingerprint density at radius 3 is 1.26 bits per heavy atom. The molecular weight excluding hydrogens is 693 g/mol. The zero-order valence-corrected chi connectivity index (χ0v) is 31.9. The minimum atomic E-state index is 0.558. The Kier molecular flexibility index (Phi) is 7.89. The highest BCUT2D eigenvalue weighted by Crippen LogP contribution is 2.42. The van der Waals surface area contributed by atoms with E-state index in [4.69, 9.17) is 0 Å². The molecule has 0 aliphatic rings. The number of hydrogen-bond acceptors (Lipinski definition) is 2. The molecule has 2 heterocycles. The van der Waals surface area contributed by atoms with Crippen molar-refractivity contribution in [2.75, 3.05) is 0 Å². The van der Waals surface area contributed by atoms with Gasteiger partial charge in [0.15, 0.2) is 0 Å². The van der Waals surface area contributed by atoms with E-state index >= 15 is 0 Å². The Balaban J connectivity index is 1.30.